The minimum atomic E-state index is -0.555. The molecule has 2 aromatic rings. The molecule has 0 saturated carbocycles. The molecule has 2 rings (SSSR count). The first-order chi connectivity index (χ1) is 13.7. The molecule has 0 aliphatic heterocycles. The predicted molar refractivity (Wildman–Crippen MR) is 107 cm³/mol. The predicted octanol–water partition coefficient (Wildman–Crippen LogP) is 2.41. The minimum absolute atomic E-state index is 0.137. The van der Waals surface area contributed by atoms with Gasteiger partial charge in [0, 0.05) is 28.1 Å². The normalized spacial score (nSPS) is 12.2. The third kappa shape index (κ3) is 6.96. The zero-order valence-electron chi connectivity index (χ0n) is 16.1. The fraction of sp³-hybridized carbons (Fsp3) is 0.353. The molecule has 154 valence electrons. The highest BCUT2D eigenvalue weighted by Gasteiger charge is 2.21. The summed E-state index contributed by atoms with van der Waals surface area (Å²) >= 11 is 5.96. The lowest BCUT2D eigenvalue weighted by molar-refractivity contribution is -0.384. The van der Waals surface area contributed by atoms with Crippen LogP contribution in [0, 0.1) is 15.5 Å². The van der Waals surface area contributed by atoms with Crippen molar-refractivity contribution in [1.29, 1.82) is 0 Å². The molecule has 0 aliphatic rings. The Morgan fingerprint density at radius 2 is 2.21 bits per heavy atom. The SMILES string of the molecule is CC(C)(C)/C(Cn1cncn1)=N/OCC(=O)N/N=C/c1cc([N+](=O)[O-])ccc1Cl. The molecule has 0 saturated heterocycles. The van der Waals surface area contributed by atoms with Crippen molar-refractivity contribution in [3.8, 4) is 0 Å². The Hall–Kier alpha value is -3.34. The van der Waals surface area contributed by atoms with E-state index in [1.807, 2.05) is 20.8 Å². The van der Waals surface area contributed by atoms with E-state index in [0.29, 0.717) is 17.8 Å². The van der Waals surface area contributed by atoms with Crippen molar-refractivity contribution in [2.75, 3.05) is 6.61 Å². The molecule has 0 radical (unpaired) electrons. The van der Waals surface area contributed by atoms with Gasteiger partial charge >= 0.3 is 0 Å². The summed E-state index contributed by atoms with van der Waals surface area (Å²) in [5, 5.41) is 22.9. The molecule has 29 heavy (non-hydrogen) atoms. The number of nitrogens with zero attached hydrogens (tertiary/aromatic N) is 6. The Bertz CT molecular complexity index is 920. The number of hydrazone groups is 1. The van der Waals surface area contributed by atoms with Crippen LogP contribution in [0.2, 0.25) is 5.02 Å². The monoisotopic (exact) mass is 421 g/mol. The number of rotatable bonds is 8. The number of amides is 1. The summed E-state index contributed by atoms with van der Waals surface area (Å²) in [6.07, 6.45) is 4.18. The molecule has 1 aromatic carbocycles. The van der Waals surface area contributed by atoms with Crippen molar-refractivity contribution in [2.45, 2.75) is 27.3 Å². The number of hydrogen-bond donors (Lipinski definition) is 1. The van der Waals surface area contributed by atoms with Gasteiger partial charge in [0.25, 0.3) is 11.6 Å². The van der Waals surface area contributed by atoms with Crippen molar-refractivity contribution in [3.63, 3.8) is 0 Å². The topological polar surface area (TPSA) is 137 Å². The number of aromatic nitrogens is 3. The van der Waals surface area contributed by atoms with Gasteiger partial charge in [-0.2, -0.15) is 10.2 Å². The standard InChI is InChI=1S/C17H20ClN7O4/c1-17(2,3)15(8-24-11-19-10-21-24)23-29-9-16(26)22-20-7-12-6-13(25(27)28)4-5-14(12)18/h4-7,10-11H,8-9H2,1-3H3,(H,22,26)/b20-7+,23-15+. The molecule has 1 aromatic heterocycles. The molecular weight excluding hydrogens is 402 g/mol. The Kier molecular flexibility index (Phi) is 7.37. The van der Waals surface area contributed by atoms with Crippen molar-refractivity contribution in [3.05, 3.63) is 51.6 Å². The van der Waals surface area contributed by atoms with Gasteiger partial charge < -0.3 is 4.84 Å². The van der Waals surface area contributed by atoms with Crippen LogP contribution in [0.1, 0.15) is 26.3 Å². The van der Waals surface area contributed by atoms with Gasteiger partial charge in [-0.3, -0.25) is 14.9 Å². The number of hydrogen-bond acceptors (Lipinski definition) is 8. The summed E-state index contributed by atoms with van der Waals surface area (Å²) in [6.45, 7) is 5.88. The van der Waals surface area contributed by atoms with E-state index in [4.69, 9.17) is 16.4 Å². The first kappa shape index (κ1) is 22.0. The largest absolute Gasteiger partial charge is 0.386 e. The smallest absolute Gasteiger partial charge is 0.280 e. The van der Waals surface area contributed by atoms with Crippen LogP contribution in [0.5, 0.6) is 0 Å². The zero-order chi connectivity index (χ0) is 21.4. The van der Waals surface area contributed by atoms with Crippen molar-refractivity contribution in [1.82, 2.24) is 20.2 Å². The lowest BCUT2D eigenvalue weighted by Gasteiger charge is -2.20. The number of carbonyl (C=O) groups excluding carboxylic acids is 1. The van der Waals surface area contributed by atoms with E-state index in [0.717, 1.165) is 0 Å². The summed E-state index contributed by atoms with van der Waals surface area (Å²) in [5.41, 5.74) is 2.77. The molecule has 0 fully saturated rings. The Balaban J connectivity index is 1.92. The van der Waals surface area contributed by atoms with E-state index in [2.05, 4.69) is 25.8 Å². The molecular formula is C17H20ClN7O4. The van der Waals surface area contributed by atoms with Crippen LogP contribution >= 0.6 is 11.6 Å². The van der Waals surface area contributed by atoms with Gasteiger partial charge in [-0.15, -0.1) is 0 Å². The first-order valence-electron chi connectivity index (χ1n) is 8.44. The fourth-order valence-electron chi connectivity index (χ4n) is 1.99. The van der Waals surface area contributed by atoms with E-state index in [-0.39, 0.29) is 22.7 Å². The Morgan fingerprint density at radius 3 is 2.83 bits per heavy atom. The van der Waals surface area contributed by atoms with Crippen molar-refractivity contribution in [2.24, 2.45) is 15.7 Å². The molecule has 12 heteroatoms. The zero-order valence-corrected chi connectivity index (χ0v) is 16.8. The third-order valence-electron chi connectivity index (χ3n) is 3.60. The number of nitrogens with one attached hydrogen (secondary N) is 1. The van der Waals surface area contributed by atoms with Gasteiger partial charge in [0.2, 0.25) is 0 Å². The molecule has 0 unspecified atom stereocenters. The first-order valence-corrected chi connectivity index (χ1v) is 8.82. The fourth-order valence-corrected chi connectivity index (χ4v) is 2.16. The molecule has 1 heterocycles. The molecule has 0 aliphatic carbocycles. The third-order valence-corrected chi connectivity index (χ3v) is 3.94. The highest BCUT2D eigenvalue weighted by molar-refractivity contribution is 6.33. The molecule has 0 atom stereocenters. The minimum Gasteiger partial charge on any atom is -0.386 e. The van der Waals surface area contributed by atoms with E-state index in [1.165, 1.54) is 30.7 Å². The second-order valence-electron chi connectivity index (χ2n) is 6.91. The van der Waals surface area contributed by atoms with Gasteiger partial charge in [-0.1, -0.05) is 37.5 Å². The number of benzene rings is 1. The summed E-state index contributed by atoms with van der Waals surface area (Å²) in [5.74, 6) is -0.555. The van der Waals surface area contributed by atoms with E-state index < -0.39 is 10.8 Å². The Morgan fingerprint density at radius 1 is 1.45 bits per heavy atom. The summed E-state index contributed by atoms with van der Waals surface area (Å²) < 4.78 is 1.60. The Labute approximate surface area is 171 Å². The number of oxime groups is 1. The van der Waals surface area contributed by atoms with E-state index in [1.54, 1.807) is 11.0 Å². The molecule has 11 nitrogen and oxygen atoms in total. The number of nitro groups is 1. The number of non-ortho nitro benzene ring substituents is 1. The van der Waals surface area contributed by atoms with Crippen LogP contribution in [-0.4, -0.2) is 44.1 Å². The lowest BCUT2D eigenvalue weighted by atomic mass is 9.90. The average molecular weight is 422 g/mol. The summed E-state index contributed by atoms with van der Waals surface area (Å²) in [6, 6.07) is 3.90. The van der Waals surface area contributed by atoms with Gasteiger partial charge in [-0.25, -0.2) is 15.1 Å². The van der Waals surface area contributed by atoms with Gasteiger partial charge in [0.05, 0.1) is 23.4 Å². The molecule has 0 bridgehead atoms. The van der Waals surface area contributed by atoms with E-state index in [9.17, 15) is 14.9 Å². The molecule has 1 amide bonds. The van der Waals surface area contributed by atoms with Crippen molar-refractivity contribution >= 4 is 35.1 Å². The van der Waals surface area contributed by atoms with Crippen LogP contribution in [0.4, 0.5) is 5.69 Å². The second kappa shape index (κ2) is 9.73. The maximum Gasteiger partial charge on any atom is 0.280 e. The maximum atomic E-state index is 11.9. The van der Waals surface area contributed by atoms with Gasteiger partial charge in [-0.05, 0) is 6.07 Å². The van der Waals surface area contributed by atoms with Gasteiger partial charge in [0.15, 0.2) is 6.61 Å². The number of nitro benzene ring substituents is 1. The average Bonchev–Trinajstić information content (AvgIpc) is 3.14. The lowest BCUT2D eigenvalue weighted by Crippen LogP contribution is -2.27. The number of carbonyl (C=O) groups is 1. The summed E-state index contributed by atoms with van der Waals surface area (Å²) in [4.78, 5) is 31.1. The van der Waals surface area contributed by atoms with Crippen LogP contribution in [0.3, 0.4) is 0 Å². The van der Waals surface area contributed by atoms with Crippen molar-refractivity contribution < 1.29 is 14.6 Å². The molecule has 0 spiro atoms. The maximum absolute atomic E-state index is 11.9. The highest BCUT2D eigenvalue weighted by Crippen LogP contribution is 2.20. The highest BCUT2D eigenvalue weighted by atomic mass is 35.5. The second-order valence-corrected chi connectivity index (χ2v) is 7.32. The van der Waals surface area contributed by atoms with Gasteiger partial charge in [0.1, 0.15) is 12.7 Å². The van der Waals surface area contributed by atoms with Crippen LogP contribution in [0.25, 0.3) is 0 Å². The van der Waals surface area contributed by atoms with Crippen LogP contribution in [0.15, 0.2) is 41.1 Å². The quantitative estimate of drug-likeness (QED) is 0.394. The van der Waals surface area contributed by atoms with E-state index >= 15 is 0 Å². The molecule has 1 N–H and O–H groups in total. The number of halogens is 1. The van der Waals surface area contributed by atoms with Crippen LogP contribution in [-0.2, 0) is 16.2 Å². The van der Waals surface area contributed by atoms with Crippen LogP contribution < -0.4 is 5.43 Å². The summed E-state index contributed by atoms with van der Waals surface area (Å²) in [7, 11) is 0.